The number of hydrogen-bond donors (Lipinski definition) is 3. The van der Waals surface area contributed by atoms with E-state index in [2.05, 4.69) is 35.4 Å². The Morgan fingerprint density at radius 2 is 1.89 bits per heavy atom. The lowest BCUT2D eigenvalue weighted by molar-refractivity contribution is -0.122. The number of aryl methyl sites for hydroxylation is 1. The molecule has 0 radical (unpaired) electrons. The van der Waals surface area contributed by atoms with E-state index >= 15 is 0 Å². The predicted octanol–water partition coefficient (Wildman–Crippen LogP) is 6.46. The van der Waals surface area contributed by atoms with Gasteiger partial charge in [-0.3, -0.25) is 4.79 Å². The van der Waals surface area contributed by atoms with Gasteiger partial charge < -0.3 is 25.0 Å². The van der Waals surface area contributed by atoms with Gasteiger partial charge in [0.2, 0.25) is 0 Å². The number of unbranched alkanes of at least 4 members (excludes halogenated alkanes) is 3. The third-order valence-electron chi connectivity index (χ3n) is 6.13. The molecule has 1 aliphatic rings. The highest BCUT2D eigenvalue weighted by Gasteiger charge is 2.20. The summed E-state index contributed by atoms with van der Waals surface area (Å²) in [6, 6.07) is 5.62. The third-order valence-corrected chi connectivity index (χ3v) is 6.13. The Hall–Kier alpha value is -2.87. The maximum Gasteiger partial charge on any atom is 0.290 e. The molecule has 36 heavy (non-hydrogen) atoms. The summed E-state index contributed by atoms with van der Waals surface area (Å²) in [5, 5.41) is 30.1. The number of aromatic hydroxyl groups is 1. The fourth-order valence-corrected chi connectivity index (χ4v) is 4.19. The third kappa shape index (κ3) is 10.0. The summed E-state index contributed by atoms with van der Waals surface area (Å²) in [6.45, 7) is 10.3. The van der Waals surface area contributed by atoms with E-state index in [4.69, 9.17) is 19.4 Å². The van der Waals surface area contributed by atoms with E-state index < -0.39 is 0 Å². The highest BCUT2D eigenvalue weighted by molar-refractivity contribution is 5.75. The summed E-state index contributed by atoms with van der Waals surface area (Å²) >= 11 is 0. The van der Waals surface area contributed by atoms with Crippen molar-refractivity contribution in [2.24, 2.45) is 5.92 Å². The minimum absolute atomic E-state index is 0.147. The number of carboxylic acid groups (broad SMARTS) is 1. The van der Waals surface area contributed by atoms with Crippen molar-refractivity contribution in [2.45, 2.75) is 85.7 Å². The van der Waals surface area contributed by atoms with Crippen LogP contribution < -0.4 is 10.1 Å². The zero-order valence-corrected chi connectivity index (χ0v) is 22.7. The van der Waals surface area contributed by atoms with Crippen LogP contribution in [0.15, 0.2) is 18.2 Å². The van der Waals surface area contributed by atoms with Crippen molar-refractivity contribution in [3.63, 3.8) is 0 Å². The number of fused-ring (bicyclic) bond motifs is 3. The van der Waals surface area contributed by atoms with Crippen molar-refractivity contribution < 1.29 is 24.5 Å². The van der Waals surface area contributed by atoms with Crippen molar-refractivity contribution in [1.29, 1.82) is 0 Å². The molecular formula is C28H45N3O5. The zero-order chi connectivity index (χ0) is 26.8. The number of ether oxygens (including phenoxy) is 2. The van der Waals surface area contributed by atoms with Gasteiger partial charge in [0.15, 0.2) is 0 Å². The van der Waals surface area contributed by atoms with Gasteiger partial charge in [0.25, 0.3) is 6.47 Å². The largest absolute Gasteiger partial charge is 0.507 e. The maximum absolute atomic E-state index is 10.7. The van der Waals surface area contributed by atoms with Crippen LogP contribution in [0.25, 0.3) is 11.3 Å². The van der Waals surface area contributed by atoms with E-state index in [0.29, 0.717) is 30.4 Å². The van der Waals surface area contributed by atoms with Crippen molar-refractivity contribution >= 4 is 12.3 Å². The first-order valence-corrected chi connectivity index (χ1v) is 13.2. The predicted molar refractivity (Wildman–Crippen MR) is 145 cm³/mol. The smallest absolute Gasteiger partial charge is 0.290 e. The number of carbonyl (C=O) groups is 1. The van der Waals surface area contributed by atoms with Gasteiger partial charge in [0.1, 0.15) is 23.0 Å². The van der Waals surface area contributed by atoms with E-state index in [1.165, 1.54) is 32.1 Å². The first-order valence-electron chi connectivity index (χ1n) is 13.2. The Balaban J connectivity index is 0.00000120. The Kier molecular flexibility index (Phi) is 15.9. The van der Waals surface area contributed by atoms with Crippen LogP contribution in [0.5, 0.6) is 11.5 Å². The Morgan fingerprint density at radius 1 is 1.14 bits per heavy atom. The normalized spacial score (nSPS) is 13.0. The van der Waals surface area contributed by atoms with Gasteiger partial charge in [-0.25, -0.2) is 0 Å². The van der Waals surface area contributed by atoms with Crippen molar-refractivity contribution in [2.75, 3.05) is 25.6 Å². The highest BCUT2D eigenvalue weighted by Crippen LogP contribution is 2.38. The van der Waals surface area contributed by atoms with Crippen LogP contribution in [-0.2, 0) is 22.6 Å². The number of phenolic OH excluding ortho intramolecular Hbond substituents is 1. The monoisotopic (exact) mass is 503 g/mol. The summed E-state index contributed by atoms with van der Waals surface area (Å²) < 4.78 is 11.1. The second-order valence-corrected chi connectivity index (χ2v) is 8.55. The molecule has 0 saturated carbocycles. The molecule has 1 atom stereocenters. The number of phenols is 1. The molecular weight excluding hydrogens is 458 g/mol. The molecule has 202 valence electrons. The average molecular weight is 504 g/mol. The van der Waals surface area contributed by atoms with Crippen LogP contribution in [0.2, 0.25) is 0 Å². The van der Waals surface area contributed by atoms with Gasteiger partial charge >= 0.3 is 0 Å². The van der Waals surface area contributed by atoms with Crippen LogP contribution in [0, 0.1) is 5.92 Å². The standard InChI is InChI=1S/C25H37N3O3.C2H6.CH2O2/c1-4-6-7-8-10-18(5-2)16-26-23-14-19-11-9-12-31-17-20-13-21(30-3)15-22(29)24(20)25(19)28-27-23;1-2;2-1-3/h13-15,18,29H,4-12,16-17H2,1-3H3,(H,26,27);1-2H3;1H,(H,2,3). The number of nitrogens with zero attached hydrogens (tertiary/aromatic N) is 2. The van der Waals surface area contributed by atoms with Gasteiger partial charge in [-0.2, -0.15) is 0 Å². The second-order valence-electron chi connectivity index (χ2n) is 8.55. The van der Waals surface area contributed by atoms with E-state index in [1.807, 2.05) is 19.9 Å². The van der Waals surface area contributed by atoms with Crippen molar-refractivity contribution in [1.82, 2.24) is 10.2 Å². The number of rotatable bonds is 10. The van der Waals surface area contributed by atoms with Crippen LogP contribution in [-0.4, -0.2) is 47.1 Å². The van der Waals surface area contributed by atoms with E-state index in [1.54, 1.807) is 13.2 Å². The molecule has 2 heterocycles. The molecule has 1 aromatic carbocycles. The lowest BCUT2D eigenvalue weighted by Gasteiger charge is -2.17. The number of anilines is 1. The molecule has 1 aliphatic heterocycles. The first-order chi connectivity index (χ1) is 17.6. The summed E-state index contributed by atoms with van der Waals surface area (Å²) in [6.07, 6.45) is 9.36. The van der Waals surface area contributed by atoms with Crippen LogP contribution >= 0.6 is 0 Å². The van der Waals surface area contributed by atoms with Crippen LogP contribution in [0.1, 0.15) is 83.8 Å². The summed E-state index contributed by atoms with van der Waals surface area (Å²) in [5.41, 5.74) is 3.38. The number of methoxy groups -OCH3 is 1. The summed E-state index contributed by atoms with van der Waals surface area (Å²) in [4.78, 5) is 8.36. The van der Waals surface area contributed by atoms with E-state index in [-0.39, 0.29) is 12.2 Å². The molecule has 8 heteroatoms. The van der Waals surface area contributed by atoms with Crippen molar-refractivity contribution in [3.05, 3.63) is 29.3 Å². The Morgan fingerprint density at radius 3 is 2.56 bits per heavy atom. The number of nitrogens with one attached hydrogen (secondary N) is 1. The Labute approximate surface area is 216 Å². The lowest BCUT2D eigenvalue weighted by Crippen LogP contribution is -2.15. The summed E-state index contributed by atoms with van der Waals surface area (Å²) in [7, 11) is 1.59. The molecule has 3 rings (SSSR count). The van der Waals surface area contributed by atoms with Gasteiger partial charge in [0.05, 0.1) is 13.7 Å². The van der Waals surface area contributed by atoms with Crippen LogP contribution in [0.4, 0.5) is 5.82 Å². The molecule has 2 aromatic rings. The zero-order valence-electron chi connectivity index (χ0n) is 22.7. The minimum Gasteiger partial charge on any atom is -0.507 e. The molecule has 1 unspecified atom stereocenters. The van der Waals surface area contributed by atoms with Gasteiger partial charge in [-0.15, -0.1) is 10.2 Å². The SMILES string of the molecule is CC.CCCCCCC(CC)CNc1cc2c(nn1)-c1c(O)cc(OC)cc1COCCC2.O=CO. The first kappa shape index (κ1) is 31.2. The molecule has 0 saturated heterocycles. The molecule has 0 bridgehead atoms. The van der Waals surface area contributed by atoms with E-state index in [0.717, 1.165) is 48.4 Å². The molecule has 1 aromatic heterocycles. The fourth-order valence-electron chi connectivity index (χ4n) is 4.19. The fraction of sp³-hybridized carbons (Fsp3) is 0.607. The average Bonchev–Trinajstić information content (AvgIpc) is 2.98. The molecule has 0 aliphatic carbocycles. The summed E-state index contributed by atoms with van der Waals surface area (Å²) in [5.74, 6) is 2.21. The van der Waals surface area contributed by atoms with Crippen LogP contribution in [0.3, 0.4) is 0 Å². The minimum atomic E-state index is -0.250. The molecule has 0 fully saturated rings. The van der Waals surface area contributed by atoms with Gasteiger partial charge in [-0.05, 0) is 48.4 Å². The quantitative estimate of drug-likeness (QED) is 0.250. The van der Waals surface area contributed by atoms with Crippen molar-refractivity contribution in [3.8, 4) is 22.8 Å². The number of aromatic nitrogens is 2. The maximum atomic E-state index is 10.7. The highest BCUT2D eigenvalue weighted by atomic mass is 16.5. The lowest BCUT2D eigenvalue weighted by atomic mass is 9.97. The number of hydrogen-bond acceptors (Lipinski definition) is 7. The second kappa shape index (κ2) is 18.4. The van der Waals surface area contributed by atoms with Gasteiger partial charge in [0, 0.05) is 24.8 Å². The van der Waals surface area contributed by atoms with E-state index in [9.17, 15) is 5.11 Å². The topological polar surface area (TPSA) is 114 Å². The molecule has 8 nitrogen and oxygen atoms in total. The number of benzene rings is 1. The molecule has 0 amide bonds. The Bertz CT molecular complexity index is 892. The van der Waals surface area contributed by atoms with Gasteiger partial charge in [-0.1, -0.05) is 59.8 Å². The molecule has 0 spiro atoms. The molecule has 3 N–H and O–H groups in total.